The zero-order valence-electron chi connectivity index (χ0n) is 21.1. The van der Waals surface area contributed by atoms with E-state index < -0.39 is 0 Å². The minimum Gasteiger partial charge on any atom is -0.504 e. The number of aromatic nitrogens is 1. The van der Waals surface area contributed by atoms with Crippen LogP contribution in [0.15, 0.2) is 59.0 Å². The molecule has 7 heteroatoms. The van der Waals surface area contributed by atoms with E-state index in [-0.39, 0.29) is 5.75 Å². The number of oxazole rings is 1. The number of phenolic OH excluding ortho intramolecular Hbond substituents is 1. The van der Waals surface area contributed by atoms with E-state index in [1.807, 2.05) is 55.5 Å². The van der Waals surface area contributed by atoms with Gasteiger partial charge in [0.1, 0.15) is 5.52 Å². The summed E-state index contributed by atoms with van der Waals surface area (Å²) in [6.07, 6.45) is 0. The number of hydrogen-bond acceptors (Lipinski definition) is 7. The minimum absolute atomic E-state index is 0.0300. The summed E-state index contributed by atoms with van der Waals surface area (Å²) in [5, 5.41) is 15.9. The average Bonchev–Trinajstić information content (AvgIpc) is 3.37. The van der Waals surface area contributed by atoms with E-state index in [0.717, 1.165) is 43.4 Å². The van der Waals surface area contributed by atoms with Crippen LogP contribution in [0.1, 0.15) is 5.56 Å². The summed E-state index contributed by atoms with van der Waals surface area (Å²) in [6.45, 7) is 2.04. The Hall–Kier alpha value is -4.65. The van der Waals surface area contributed by atoms with Gasteiger partial charge in [-0.2, -0.15) is 0 Å². The van der Waals surface area contributed by atoms with Gasteiger partial charge >= 0.3 is 0 Å². The molecule has 0 bridgehead atoms. The predicted octanol–water partition coefficient (Wildman–Crippen LogP) is 7.00. The first kappa shape index (κ1) is 22.8. The fourth-order valence-corrected chi connectivity index (χ4v) is 5.00. The Bertz CT molecular complexity index is 1840. The van der Waals surface area contributed by atoms with E-state index in [0.29, 0.717) is 40.0 Å². The third-order valence-electron chi connectivity index (χ3n) is 6.84. The van der Waals surface area contributed by atoms with Crippen molar-refractivity contribution in [1.82, 2.24) is 4.98 Å². The SMILES string of the molecule is COc1cc2c3cc(OC)c(OC)cc3c3cc(OC)c4oc(-c5ccc(C)cc5)nc4c3c2cc1O. The molecule has 0 saturated carbocycles. The van der Waals surface area contributed by atoms with Crippen molar-refractivity contribution >= 4 is 43.4 Å². The average molecular weight is 496 g/mol. The molecule has 1 N–H and O–H groups in total. The summed E-state index contributed by atoms with van der Waals surface area (Å²) in [6, 6.07) is 17.4. The molecule has 0 amide bonds. The highest BCUT2D eigenvalue weighted by molar-refractivity contribution is 6.32. The molecule has 1 aromatic heterocycles. The summed E-state index contributed by atoms with van der Waals surface area (Å²) < 4.78 is 28.7. The zero-order chi connectivity index (χ0) is 25.8. The van der Waals surface area contributed by atoms with Crippen LogP contribution >= 0.6 is 0 Å². The summed E-state index contributed by atoms with van der Waals surface area (Å²) >= 11 is 0. The molecule has 1 heterocycles. The molecule has 0 spiro atoms. The molecule has 0 aliphatic rings. The number of aromatic hydroxyl groups is 1. The summed E-state index contributed by atoms with van der Waals surface area (Å²) in [5.41, 5.74) is 3.17. The Morgan fingerprint density at radius 3 is 1.76 bits per heavy atom. The molecule has 0 fully saturated rings. The first-order chi connectivity index (χ1) is 18.0. The Morgan fingerprint density at radius 1 is 0.649 bits per heavy atom. The molecule has 0 unspecified atom stereocenters. The number of hydrogen-bond donors (Lipinski definition) is 1. The highest BCUT2D eigenvalue weighted by Crippen LogP contribution is 2.47. The van der Waals surface area contributed by atoms with Gasteiger partial charge in [-0.3, -0.25) is 0 Å². The molecule has 0 atom stereocenters. The number of ether oxygens (including phenoxy) is 4. The van der Waals surface area contributed by atoms with Crippen molar-refractivity contribution in [2.75, 3.05) is 28.4 Å². The normalized spacial score (nSPS) is 11.5. The lowest BCUT2D eigenvalue weighted by Gasteiger charge is -2.16. The van der Waals surface area contributed by atoms with Crippen molar-refractivity contribution in [3.05, 3.63) is 60.2 Å². The second kappa shape index (κ2) is 8.48. The maximum Gasteiger partial charge on any atom is 0.227 e. The number of methoxy groups -OCH3 is 4. The molecule has 37 heavy (non-hydrogen) atoms. The van der Waals surface area contributed by atoms with Gasteiger partial charge in [-0.1, -0.05) is 17.7 Å². The van der Waals surface area contributed by atoms with Gasteiger partial charge in [0.05, 0.1) is 28.4 Å². The van der Waals surface area contributed by atoms with E-state index >= 15 is 0 Å². The Kier molecular flexibility index (Phi) is 5.22. The third kappa shape index (κ3) is 3.38. The van der Waals surface area contributed by atoms with Gasteiger partial charge in [0.15, 0.2) is 34.3 Å². The van der Waals surface area contributed by atoms with E-state index in [1.54, 1.807) is 27.4 Å². The number of benzene rings is 5. The highest BCUT2D eigenvalue weighted by atomic mass is 16.5. The highest BCUT2D eigenvalue weighted by Gasteiger charge is 2.22. The van der Waals surface area contributed by atoms with Crippen molar-refractivity contribution in [2.24, 2.45) is 0 Å². The van der Waals surface area contributed by atoms with Gasteiger partial charge in [0.25, 0.3) is 0 Å². The quantitative estimate of drug-likeness (QED) is 0.258. The van der Waals surface area contributed by atoms with Crippen molar-refractivity contribution in [3.8, 4) is 40.2 Å². The van der Waals surface area contributed by atoms with Gasteiger partial charge in [0, 0.05) is 10.9 Å². The van der Waals surface area contributed by atoms with Crippen molar-refractivity contribution < 1.29 is 28.5 Å². The fourth-order valence-electron chi connectivity index (χ4n) is 5.00. The van der Waals surface area contributed by atoms with E-state index in [1.165, 1.54) is 7.11 Å². The molecule has 186 valence electrons. The Balaban J connectivity index is 1.85. The lowest BCUT2D eigenvalue weighted by atomic mass is 9.92. The molecule has 5 aromatic carbocycles. The van der Waals surface area contributed by atoms with Crippen LogP contribution in [-0.2, 0) is 0 Å². The van der Waals surface area contributed by atoms with Crippen molar-refractivity contribution in [2.45, 2.75) is 6.92 Å². The number of aryl methyl sites for hydroxylation is 1. The Morgan fingerprint density at radius 2 is 1.16 bits per heavy atom. The number of rotatable bonds is 5. The molecule has 0 radical (unpaired) electrons. The molecule has 6 aromatic rings. The van der Waals surface area contributed by atoms with E-state index in [4.69, 9.17) is 28.3 Å². The van der Waals surface area contributed by atoms with Gasteiger partial charge in [-0.05, 0) is 76.3 Å². The monoisotopic (exact) mass is 495 g/mol. The summed E-state index contributed by atoms with van der Waals surface area (Å²) in [7, 11) is 6.35. The van der Waals surface area contributed by atoms with Crippen LogP contribution in [0.25, 0.3) is 54.9 Å². The first-order valence-corrected chi connectivity index (χ1v) is 11.7. The summed E-state index contributed by atoms with van der Waals surface area (Å²) in [4.78, 5) is 4.94. The Labute approximate surface area is 212 Å². The number of nitrogens with zero attached hydrogens (tertiary/aromatic N) is 1. The van der Waals surface area contributed by atoms with Crippen molar-refractivity contribution in [1.29, 1.82) is 0 Å². The second-order valence-corrected chi connectivity index (χ2v) is 8.89. The van der Waals surface area contributed by atoms with Crippen LogP contribution in [0.2, 0.25) is 0 Å². The first-order valence-electron chi connectivity index (χ1n) is 11.7. The third-order valence-corrected chi connectivity index (χ3v) is 6.84. The summed E-state index contributed by atoms with van der Waals surface area (Å²) in [5.74, 6) is 2.64. The van der Waals surface area contributed by atoms with E-state index in [2.05, 4.69) is 0 Å². The molecule has 6 rings (SSSR count). The van der Waals surface area contributed by atoms with Gasteiger partial charge in [-0.25, -0.2) is 4.98 Å². The minimum atomic E-state index is 0.0300. The van der Waals surface area contributed by atoms with E-state index in [9.17, 15) is 5.11 Å². The van der Waals surface area contributed by atoms with Crippen LogP contribution in [0, 0.1) is 6.92 Å². The fraction of sp³-hybridized carbons (Fsp3) is 0.167. The molecular weight excluding hydrogens is 470 g/mol. The predicted molar refractivity (Wildman–Crippen MR) is 145 cm³/mol. The van der Waals surface area contributed by atoms with Gasteiger partial charge < -0.3 is 28.5 Å². The molecule has 0 aliphatic heterocycles. The van der Waals surface area contributed by atoms with Crippen LogP contribution in [0.3, 0.4) is 0 Å². The van der Waals surface area contributed by atoms with Gasteiger partial charge in [-0.15, -0.1) is 0 Å². The lowest BCUT2D eigenvalue weighted by Crippen LogP contribution is -1.94. The maximum atomic E-state index is 10.8. The number of fused-ring (bicyclic) bond motifs is 8. The smallest absolute Gasteiger partial charge is 0.227 e. The standard InChI is InChI=1S/C30H25NO6/c1-15-6-8-16(9-7-15)30-31-28-27-20-10-22(32)23(33-2)11-18(20)17-12-24(34-3)25(35-4)13-19(17)21(27)14-26(36-5)29(28)37-30/h6-14,32H,1-5H3. The largest absolute Gasteiger partial charge is 0.504 e. The van der Waals surface area contributed by atoms with Crippen LogP contribution in [-0.4, -0.2) is 38.5 Å². The molecule has 0 saturated heterocycles. The lowest BCUT2D eigenvalue weighted by molar-refractivity contribution is 0.356. The van der Waals surface area contributed by atoms with Crippen LogP contribution < -0.4 is 18.9 Å². The molecule has 7 nitrogen and oxygen atoms in total. The van der Waals surface area contributed by atoms with Crippen molar-refractivity contribution in [3.63, 3.8) is 0 Å². The molecular formula is C30H25NO6. The van der Waals surface area contributed by atoms with Gasteiger partial charge in [0.2, 0.25) is 5.89 Å². The zero-order valence-corrected chi connectivity index (χ0v) is 21.1. The topological polar surface area (TPSA) is 83.2 Å². The van der Waals surface area contributed by atoms with Crippen LogP contribution in [0.5, 0.6) is 28.7 Å². The number of phenols is 1. The van der Waals surface area contributed by atoms with Crippen LogP contribution in [0.4, 0.5) is 0 Å². The molecule has 0 aliphatic carbocycles. The maximum absolute atomic E-state index is 10.8. The second-order valence-electron chi connectivity index (χ2n) is 8.89.